The van der Waals surface area contributed by atoms with Crippen LogP contribution in [-0.2, 0) is 35.2 Å². The predicted octanol–water partition coefficient (Wildman–Crippen LogP) is -1.27. The van der Waals surface area contributed by atoms with E-state index in [9.17, 15) is 28.8 Å². The maximum Gasteiger partial charge on any atom is 0.244 e. The lowest BCUT2D eigenvalue weighted by atomic mass is 10.0. The van der Waals surface area contributed by atoms with Gasteiger partial charge < -0.3 is 37.3 Å². The summed E-state index contributed by atoms with van der Waals surface area (Å²) in [5, 5.41) is 13.1. The minimum Gasteiger partial charge on any atom is -0.368 e. The van der Waals surface area contributed by atoms with Crippen LogP contribution in [-0.4, -0.2) is 86.1 Å². The zero-order chi connectivity index (χ0) is 30.2. The maximum absolute atomic E-state index is 13.5. The quantitative estimate of drug-likeness (QED) is 0.201. The van der Waals surface area contributed by atoms with Crippen LogP contribution in [0, 0.1) is 5.92 Å². The summed E-state index contributed by atoms with van der Waals surface area (Å²) in [6, 6.07) is -5.41. The van der Waals surface area contributed by atoms with Crippen LogP contribution in [0.1, 0.15) is 47.2 Å². The highest BCUT2D eigenvalue weighted by atomic mass is 33.1. The molecule has 0 saturated carbocycles. The molecule has 0 bridgehead atoms. The molecule has 0 spiro atoms. The highest BCUT2D eigenvalue weighted by Gasteiger charge is 2.40. The van der Waals surface area contributed by atoms with Gasteiger partial charge in [-0.3, -0.25) is 28.8 Å². The van der Waals surface area contributed by atoms with Gasteiger partial charge in [-0.15, -0.1) is 0 Å². The molecule has 40 heavy (non-hydrogen) atoms. The lowest BCUT2D eigenvalue weighted by Crippen LogP contribution is -2.61. The number of nitrogens with two attached hydrogens (primary N) is 1. The molecule has 0 aromatic carbocycles. The molecule has 1 aromatic heterocycles. The normalized spacial score (nSPS) is 27.0. The number of H-pyrrole nitrogens is 1. The van der Waals surface area contributed by atoms with Crippen LogP contribution in [0.5, 0.6) is 0 Å². The van der Waals surface area contributed by atoms with E-state index in [2.05, 4.69) is 36.6 Å². The minimum atomic E-state index is -1.14. The summed E-state index contributed by atoms with van der Waals surface area (Å²) in [6.45, 7) is 9.59. The van der Waals surface area contributed by atoms with Crippen molar-refractivity contribution in [2.24, 2.45) is 11.7 Å². The van der Waals surface area contributed by atoms with E-state index in [1.807, 2.05) is 0 Å². The second-order valence-electron chi connectivity index (χ2n) is 10.4. The second kappa shape index (κ2) is 14.4. The fourth-order valence-electron chi connectivity index (χ4n) is 3.79. The third-order valence-electron chi connectivity index (χ3n) is 6.07. The number of hydrogen-bond donors (Lipinski definition) is 7. The van der Waals surface area contributed by atoms with E-state index < -0.39 is 70.4 Å². The molecule has 0 aliphatic carbocycles. The van der Waals surface area contributed by atoms with Gasteiger partial charge >= 0.3 is 0 Å². The number of carbonyl (C=O) groups excluding carboxylic acids is 6. The molecule has 222 valence electrons. The highest BCUT2D eigenvalue weighted by Crippen LogP contribution is 2.38. The molecule has 1 saturated heterocycles. The van der Waals surface area contributed by atoms with Crippen molar-refractivity contribution < 1.29 is 28.8 Å². The molecule has 1 aliphatic heterocycles. The van der Waals surface area contributed by atoms with Gasteiger partial charge in [0, 0.05) is 30.0 Å². The number of aromatic nitrogens is 2. The molecule has 0 unspecified atom stereocenters. The number of hydrogen-bond acceptors (Lipinski definition) is 9. The van der Waals surface area contributed by atoms with Gasteiger partial charge in [-0.25, -0.2) is 4.98 Å². The van der Waals surface area contributed by atoms with Gasteiger partial charge in [0.05, 0.1) is 12.0 Å². The van der Waals surface area contributed by atoms with Gasteiger partial charge in [-0.1, -0.05) is 35.4 Å². The first-order valence-electron chi connectivity index (χ1n) is 12.7. The predicted molar refractivity (Wildman–Crippen MR) is 151 cm³/mol. The number of amides is 6. The summed E-state index contributed by atoms with van der Waals surface area (Å²) in [7, 11) is 2.38. The molecule has 8 N–H and O–H groups in total. The first-order chi connectivity index (χ1) is 18.6. The fourth-order valence-corrected chi connectivity index (χ4v) is 6.62. The summed E-state index contributed by atoms with van der Waals surface area (Å²) < 4.78 is -0.945. The monoisotopic (exact) mass is 598 g/mol. The summed E-state index contributed by atoms with van der Waals surface area (Å²) in [5.74, 6) is -4.09. The Bertz CT molecular complexity index is 1100. The number of nitrogens with zero attached hydrogens (tertiary/aromatic N) is 1. The highest BCUT2D eigenvalue weighted by molar-refractivity contribution is 8.77. The number of nitrogens with one attached hydrogen (secondary N) is 6. The van der Waals surface area contributed by atoms with Crippen LogP contribution in [0.25, 0.3) is 0 Å². The molecule has 1 aromatic rings. The van der Waals surface area contributed by atoms with E-state index in [-0.39, 0.29) is 18.1 Å². The van der Waals surface area contributed by atoms with Crippen molar-refractivity contribution in [1.82, 2.24) is 36.6 Å². The van der Waals surface area contributed by atoms with E-state index in [1.54, 1.807) is 33.9 Å². The molecule has 6 amide bonds. The van der Waals surface area contributed by atoms with Crippen molar-refractivity contribution in [3.8, 4) is 0 Å². The number of carbonyl (C=O) groups is 6. The lowest BCUT2D eigenvalue weighted by molar-refractivity contribution is -0.135. The van der Waals surface area contributed by atoms with Crippen LogP contribution < -0.4 is 32.3 Å². The first-order valence-corrected chi connectivity index (χ1v) is 15.0. The number of primary amides is 1. The number of imidazole rings is 1. The van der Waals surface area contributed by atoms with Gasteiger partial charge in [0.25, 0.3) is 0 Å². The Morgan fingerprint density at radius 3 is 2.30 bits per heavy atom. The Morgan fingerprint density at radius 2 is 1.75 bits per heavy atom. The first kappa shape index (κ1) is 32.9. The van der Waals surface area contributed by atoms with Gasteiger partial charge in [0.1, 0.15) is 30.2 Å². The maximum atomic E-state index is 13.5. The summed E-state index contributed by atoms with van der Waals surface area (Å²) >= 11 is 0. The Hall–Kier alpha value is -3.27. The molecule has 1 aliphatic rings. The minimum absolute atomic E-state index is 0.00183. The molecule has 0 radical (unpaired) electrons. The van der Waals surface area contributed by atoms with Gasteiger partial charge in [-0.05, 0) is 26.7 Å². The fraction of sp³-hybridized carbons (Fsp3) is 0.625. The SMILES string of the molecule is CC(=O)N[C@@H]1C(=O)N[C@@H](Cc2c[nH]cn2)C(=O)N[C@@H](C)C(=O)N[C@@H](C(C)C)C(=O)N[C@H](C(N)=O)CSSC1(C)C. The van der Waals surface area contributed by atoms with Crippen molar-refractivity contribution in [3.05, 3.63) is 18.2 Å². The Kier molecular flexibility index (Phi) is 11.8. The van der Waals surface area contributed by atoms with E-state index in [1.165, 1.54) is 41.8 Å². The number of aromatic amines is 1. The topological polar surface area (TPSA) is 217 Å². The lowest BCUT2D eigenvalue weighted by Gasteiger charge is -2.34. The van der Waals surface area contributed by atoms with Crippen molar-refractivity contribution in [1.29, 1.82) is 0 Å². The van der Waals surface area contributed by atoms with Crippen LogP contribution in [0.2, 0.25) is 0 Å². The van der Waals surface area contributed by atoms with Crippen molar-refractivity contribution in [2.75, 3.05) is 5.75 Å². The summed E-state index contributed by atoms with van der Waals surface area (Å²) in [6.07, 6.45) is 3.00. The molecule has 2 heterocycles. The van der Waals surface area contributed by atoms with Crippen LogP contribution in [0.3, 0.4) is 0 Å². The average molecular weight is 599 g/mol. The largest absolute Gasteiger partial charge is 0.368 e. The van der Waals surface area contributed by atoms with Gasteiger partial charge in [0.2, 0.25) is 35.4 Å². The zero-order valence-corrected chi connectivity index (χ0v) is 25.0. The van der Waals surface area contributed by atoms with E-state index >= 15 is 0 Å². The number of rotatable bonds is 5. The third-order valence-corrected chi connectivity index (χ3v) is 9.38. The van der Waals surface area contributed by atoms with Gasteiger partial charge in [-0.2, -0.15) is 0 Å². The second-order valence-corrected chi connectivity index (χ2v) is 13.3. The summed E-state index contributed by atoms with van der Waals surface area (Å²) in [4.78, 5) is 83.9. The van der Waals surface area contributed by atoms with E-state index in [4.69, 9.17) is 5.73 Å². The Labute approximate surface area is 240 Å². The van der Waals surface area contributed by atoms with Crippen molar-refractivity contribution in [2.45, 2.75) is 82.9 Å². The zero-order valence-electron chi connectivity index (χ0n) is 23.3. The Morgan fingerprint density at radius 1 is 1.07 bits per heavy atom. The smallest absolute Gasteiger partial charge is 0.244 e. The van der Waals surface area contributed by atoms with Crippen LogP contribution in [0.15, 0.2) is 12.5 Å². The molecule has 1 fully saturated rings. The summed E-state index contributed by atoms with van der Waals surface area (Å²) in [5.41, 5.74) is 6.02. The molecule has 2 rings (SSSR count). The molecule has 5 atom stereocenters. The van der Waals surface area contributed by atoms with Gasteiger partial charge in [0.15, 0.2) is 0 Å². The molecular weight excluding hydrogens is 560 g/mol. The van der Waals surface area contributed by atoms with Crippen molar-refractivity contribution in [3.63, 3.8) is 0 Å². The third kappa shape index (κ3) is 9.43. The Balaban J connectivity index is 2.48. The molecular formula is C24H38N8O6S2. The average Bonchev–Trinajstić information content (AvgIpc) is 3.36. The van der Waals surface area contributed by atoms with E-state index in [0.29, 0.717) is 5.69 Å². The molecule has 14 nitrogen and oxygen atoms in total. The standard InChI is InChI=1S/C24H38N8O6S2/c1-11(2)17-22(37)31-16(19(25)34)9-39-40-24(5,6)18(29-13(4)33)23(38)30-15(7-14-8-26-10-27-14)21(36)28-12(3)20(35)32-17/h8,10-12,15-18H,7,9H2,1-6H3,(H2,25,34)(H,26,27)(H,28,36)(H,29,33)(H,30,38)(H,31,37)(H,32,35)/t12-,15-,16-,17-,18+/m0/s1. The van der Waals surface area contributed by atoms with Crippen LogP contribution in [0.4, 0.5) is 0 Å². The van der Waals surface area contributed by atoms with E-state index in [0.717, 1.165) is 0 Å². The molecule has 16 heteroatoms. The van der Waals surface area contributed by atoms with Crippen LogP contribution >= 0.6 is 21.6 Å². The van der Waals surface area contributed by atoms with Crippen molar-refractivity contribution >= 4 is 57.0 Å².